The van der Waals surface area contributed by atoms with Crippen LogP contribution in [0.25, 0.3) is 0 Å². The van der Waals surface area contributed by atoms with E-state index in [-0.39, 0.29) is 5.54 Å². The highest BCUT2D eigenvalue weighted by Crippen LogP contribution is 2.19. The van der Waals surface area contributed by atoms with Gasteiger partial charge >= 0.3 is 0 Å². The first kappa shape index (κ1) is 15.9. The van der Waals surface area contributed by atoms with Gasteiger partial charge in [-0.3, -0.25) is 4.99 Å². The van der Waals surface area contributed by atoms with Gasteiger partial charge in [-0.25, -0.2) is 0 Å². The predicted octanol–water partition coefficient (Wildman–Crippen LogP) is 2.86. The molecule has 3 nitrogen and oxygen atoms in total. The second-order valence-electron chi connectivity index (χ2n) is 4.61. The number of amidine groups is 1. The summed E-state index contributed by atoms with van der Waals surface area (Å²) >= 11 is 0. The van der Waals surface area contributed by atoms with Gasteiger partial charge in [-0.05, 0) is 52.8 Å². The minimum absolute atomic E-state index is 0.00479. The van der Waals surface area contributed by atoms with Crippen molar-refractivity contribution in [2.24, 2.45) is 4.99 Å². The molecule has 0 spiro atoms. The maximum atomic E-state index is 4.28. The fourth-order valence-electron chi connectivity index (χ4n) is 1.64. The van der Waals surface area contributed by atoms with E-state index in [1.165, 1.54) is 5.57 Å². The molecule has 0 aliphatic heterocycles. The molecule has 0 aromatic carbocycles. The Bertz CT molecular complexity index is 311. The van der Waals surface area contributed by atoms with Crippen molar-refractivity contribution in [1.29, 1.82) is 0 Å². The molecule has 0 heterocycles. The van der Waals surface area contributed by atoms with E-state index in [4.69, 9.17) is 0 Å². The van der Waals surface area contributed by atoms with Crippen LogP contribution in [0.2, 0.25) is 0 Å². The van der Waals surface area contributed by atoms with E-state index >= 15 is 0 Å². The first-order chi connectivity index (χ1) is 7.87. The van der Waals surface area contributed by atoms with Crippen LogP contribution in [0.5, 0.6) is 0 Å². The van der Waals surface area contributed by atoms with E-state index in [0.717, 1.165) is 24.5 Å². The van der Waals surface area contributed by atoms with Gasteiger partial charge in [0, 0.05) is 17.8 Å². The third kappa shape index (κ3) is 5.68. The maximum Gasteiger partial charge on any atom is 0.0975 e. The highest BCUT2D eigenvalue weighted by atomic mass is 15.0. The molecule has 0 aliphatic rings. The van der Waals surface area contributed by atoms with E-state index < -0.39 is 0 Å². The Kier molecular flexibility index (Phi) is 6.81. The van der Waals surface area contributed by atoms with Crippen LogP contribution in [0, 0.1) is 0 Å². The van der Waals surface area contributed by atoms with Crippen molar-refractivity contribution in [1.82, 2.24) is 10.6 Å². The summed E-state index contributed by atoms with van der Waals surface area (Å²) in [6.45, 7) is 15.3. The highest BCUT2D eigenvalue weighted by Gasteiger charge is 2.19. The third-order valence-electron chi connectivity index (χ3n) is 2.89. The lowest BCUT2D eigenvalue weighted by Gasteiger charge is -2.27. The first-order valence-corrected chi connectivity index (χ1v) is 6.24. The van der Waals surface area contributed by atoms with Gasteiger partial charge in [0.1, 0.15) is 0 Å². The summed E-state index contributed by atoms with van der Waals surface area (Å²) in [5.41, 5.74) is 2.21. The van der Waals surface area contributed by atoms with Crippen molar-refractivity contribution < 1.29 is 0 Å². The number of nitrogens with zero attached hydrogens (tertiary/aromatic N) is 1. The van der Waals surface area contributed by atoms with Crippen LogP contribution in [0.4, 0.5) is 0 Å². The van der Waals surface area contributed by atoms with Gasteiger partial charge in [-0.1, -0.05) is 13.5 Å². The number of nitrogens with one attached hydrogen (secondary N) is 2. The summed E-state index contributed by atoms with van der Waals surface area (Å²) < 4.78 is 0. The molecule has 0 rings (SSSR count). The summed E-state index contributed by atoms with van der Waals surface area (Å²) in [6, 6.07) is 0. The molecule has 98 valence electrons. The van der Waals surface area contributed by atoms with Crippen LogP contribution in [-0.4, -0.2) is 25.0 Å². The van der Waals surface area contributed by atoms with Crippen molar-refractivity contribution in [2.75, 3.05) is 13.6 Å². The maximum absolute atomic E-state index is 4.28. The number of hydrogen-bond donors (Lipinski definition) is 2. The summed E-state index contributed by atoms with van der Waals surface area (Å²) in [5.74, 6) is 0.909. The molecule has 17 heavy (non-hydrogen) atoms. The van der Waals surface area contributed by atoms with Gasteiger partial charge in [-0.2, -0.15) is 0 Å². The van der Waals surface area contributed by atoms with Crippen molar-refractivity contribution in [2.45, 2.75) is 46.6 Å². The van der Waals surface area contributed by atoms with E-state index in [2.05, 4.69) is 49.1 Å². The molecule has 3 heteroatoms. The Morgan fingerprint density at radius 1 is 1.35 bits per heavy atom. The molecule has 0 bridgehead atoms. The zero-order valence-electron chi connectivity index (χ0n) is 12.1. The SMILES string of the molecule is C=C(/C=C(\CC)C(C)(C)NC)NC(C)=NCC. The first-order valence-electron chi connectivity index (χ1n) is 6.24. The summed E-state index contributed by atoms with van der Waals surface area (Å²) in [5, 5.41) is 6.50. The van der Waals surface area contributed by atoms with Gasteiger partial charge in [0.2, 0.25) is 0 Å². The Morgan fingerprint density at radius 3 is 2.35 bits per heavy atom. The van der Waals surface area contributed by atoms with E-state index in [1.54, 1.807) is 0 Å². The average molecular weight is 237 g/mol. The standard InChI is InChI=1S/C14H27N3/c1-8-13(14(5,6)15-7)10-11(3)17-12(4)16-9-2/h10,15H,3,8-9H2,1-2,4-7H3,(H,16,17)/b13-10+. The van der Waals surface area contributed by atoms with Crippen LogP contribution in [0.3, 0.4) is 0 Å². The van der Waals surface area contributed by atoms with Gasteiger partial charge in [0.05, 0.1) is 5.84 Å². The number of rotatable bonds is 6. The van der Waals surface area contributed by atoms with Crippen molar-refractivity contribution in [3.8, 4) is 0 Å². The fraction of sp³-hybridized carbons (Fsp3) is 0.643. The molecule has 0 fully saturated rings. The van der Waals surface area contributed by atoms with Gasteiger partial charge in [-0.15, -0.1) is 0 Å². The lowest BCUT2D eigenvalue weighted by molar-refractivity contribution is 0.484. The van der Waals surface area contributed by atoms with Gasteiger partial charge in [0.15, 0.2) is 0 Å². The summed E-state index contributed by atoms with van der Waals surface area (Å²) in [4.78, 5) is 4.28. The second kappa shape index (κ2) is 7.28. The van der Waals surface area contributed by atoms with Crippen LogP contribution in [-0.2, 0) is 0 Å². The topological polar surface area (TPSA) is 36.4 Å². The molecular formula is C14H27N3. The minimum atomic E-state index is -0.00479. The van der Waals surface area contributed by atoms with Crippen LogP contribution >= 0.6 is 0 Å². The van der Waals surface area contributed by atoms with E-state index in [1.807, 2.05) is 20.9 Å². The Morgan fingerprint density at radius 2 is 1.94 bits per heavy atom. The average Bonchev–Trinajstić information content (AvgIpc) is 2.25. The number of allylic oxidation sites excluding steroid dienone is 1. The molecule has 0 saturated carbocycles. The second-order valence-corrected chi connectivity index (χ2v) is 4.61. The molecule has 0 aromatic rings. The molecule has 0 atom stereocenters. The Balaban J connectivity index is 4.75. The zero-order chi connectivity index (χ0) is 13.5. The number of likely N-dealkylation sites (N-methyl/N-ethyl adjacent to an activating group) is 1. The van der Waals surface area contributed by atoms with Crippen LogP contribution in [0.1, 0.15) is 41.0 Å². The van der Waals surface area contributed by atoms with E-state index in [9.17, 15) is 0 Å². The van der Waals surface area contributed by atoms with Crippen molar-refractivity contribution >= 4 is 5.84 Å². The largest absolute Gasteiger partial charge is 0.345 e. The molecular weight excluding hydrogens is 210 g/mol. The zero-order valence-corrected chi connectivity index (χ0v) is 12.1. The molecule has 0 amide bonds. The molecule has 0 saturated heterocycles. The quantitative estimate of drug-likeness (QED) is 0.423. The van der Waals surface area contributed by atoms with E-state index in [0.29, 0.717) is 0 Å². The number of aliphatic imine (C=N–C) groups is 1. The summed E-state index contributed by atoms with van der Waals surface area (Å²) in [6.07, 6.45) is 3.10. The summed E-state index contributed by atoms with van der Waals surface area (Å²) in [7, 11) is 1.98. The molecule has 0 radical (unpaired) electrons. The van der Waals surface area contributed by atoms with Gasteiger partial charge < -0.3 is 10.6 Å². The molecule has 0 aliphatic carbocycles. The monoisotopic (exact) mass is 237 g/mol. The van der Waals surface area contributed by atoms with Gasteiger partial charge in [0.25, 0.3) is 0 Å². The van der Waals surface area contributed by atoms with Crippen LogP contribution in [0.15, 0.2) is 28.9 Å². The smallest absolute Gasteiger partial charge is 0.0975 e. The lowest BCUT2D eigenvalue weighted by Crippen LogP contribution is -2.38. The predicted molar refractivity (Wildman–Crippen MR) is 77.4 cm³/mol. The Labute approximate surface area is 106 Å². The Hall–Kier alpha value is -1.09. The van der Waals surface area contributed by atoms with Crippen molar-refractivity contribution in [3.05, 3.63) is 23.9 Å². The number of hydrogen-bond acceptors (Lipinski definition) is 2. The molecule has 0 unspecified atom stereocenters. The highest BCUT2D eigenvalue weighted by molar-refractivity contribution is 5.81. The lowest BCUT2D eigenvalue weighted by atomic mass is 9.91. The minimum Gasteiger partial charge on any atom is -0.345 e. The normalized spacial score (nSPS) is 13.8. The van der Waals surface area contributed by atoms with Crippen molar-refractivity contribution in [3.63, 3.8) is 0 Å². The third-order valence-corrected chi connectivity index (χ3v) is 2.89. The fourth-order valence-corrected chi connectivity index (χ4v) is 1.64. The molecule has 0 aromatic heterocycles. The molecule has 2 N–H and O–H groups in total. The van der Waals surface area contributed by atoms with Crippen LogP contribution < -0.4 is 10.6 Å².